The van der Waals surface area contributed by atoms with Crippen LogP contribution in [0.2, 0.25) is 0 Å². The van der Waals surface area contributed by atoms with Crippen LogP contribution in [0.1, 0.15) is 36.9 Å². The van der Waals surface area contributed by atoms with Gasteiger partial charge in [-0.05, 0) is 25.7 Å². The summed E-state index contributed by atoms with van der Waals surface area (Å²) in [4.78, 5) is 11.9. The number of rotatable bonds is 4. The number of carbonyl (C=O) groups excluding carboxylic acids is 1. The standard InChI is InChI=1S/C13H19N3O2/c1-2-18-13(17)11-6-14-5-10-8-16(15-12(10)11)7-9-3-4-9/h8-9,11,14H,2-7H2,1H3. The van der Waals surface area contributed by atoms with Crippen LogP contribution in [0, 0.1) is 5.92 Å². The first-order valence-corrected chi connectivity index (χ1v) is 6.71. The van der Waals surface area contributed by atoms with E-state index >= 15 is 0 Å². The summed E-state index contributed by atoms with van der Waals surface area (Å²) in [5.74, 6) is 0.386. The molecule has 1 aromatic rings. The summed E-state index contributed by atoms with van der Waals surface area (Å²) in [6, 6.07) is 0. The van der Waals surface area contributed by atoms with Crippen molar-refractivity contribution in [1.29, 1.82) is 0 Å². The van der Waals surface area contributed by atoms with Crippen molar-refractivity contribution in [1.82, 2.24) is 15.1 Å². The third-order valence-electron chi connectivity index (χ3n) is 3.58. The molecule has 0 amide bonds. The Morgan fingerprint density at radius 3 is 3.17 bits per heavy atom. The van der Waals surface area contributed by atoms with Crippen molar-refractivity contribution in [3.8, 4) is 0 Å². The number of hydrogen-bond acceptors (Lipinski definition) is 4. The normalized spacial score (nSPS) is 22.6. The van der Waals surface area contributed by atoms with Crippen LogP contribution in [0.3, 0.4) is 0 Å². The Kier molecular flexibility index (Phi) is 3.07. The van der Waals surface area contributed by atoms with E-state index in [0.29, 0.717) is 13.2 Å². The van der Waals surface area contributed by atoms with Crippen LogP contribution in [-0.4, -0.2) is 28.9 Å². The zero-order chi connectivity index (χ0) is 12.5. The van der Waals surface area contributed by atoms with Crippen molar-refractivity contribution in [2.24, 2.45) is 5.92 Å². The molecule has 1 atom stereocenters. The first-order valence-electron chi connectivity index (χ1n) is 6.71. The Morgan fingerprint density at radius 2 is 2.44 bits per heavy atom. The van der Waals surface area contributed by atoms with Crippen molar-refractivity contribution in [2.75, 3.05) is 13.2 Å². The molecule has 5 heteroatoms. The number of fused-ring (bicyclic) bond motifs is 1. The van der Waals surface area contributed by atoms with E-state index in [0.717, 1.165) is 30.3 Å². The molecule has 1 unspecified atom stereocenters. The molecule has 2 heterocycles. The number of hydrogen-bond donors (Lipinski definition) is 1. The average Bonchev–Trinajstić information content (AvgIpc) is 3.06. The van der Waals surface area contributed by atoms with Gasteiger partial charge in [-0.25, -0.2) is 0 Å². The molecule has 0 aromatic carbocycles. The molecule has 98 valence electrons. The van der Waals surface area contributed by atoms with Gasteiger partial charge < -0.3 is 10.1 Å². The lowest BCUT2D eigenvalue weighted by Crippen LogP contribution is -2.33. The summed E-state index contributed by atoms with van der Waals surface area (Å²) in [5, 5.41) is 7.85. The first kappa shape index (κ1) is 11.7. The van der Waals surface area contributed by atoms with Gasteiger partial charge in [-0.1, -0.05) is 0 Å². The highest BCUT2D eigenvalue weighted by atomic mass is 16.5. The molecule has 1 fully saturated rings. The highest BCUT2D eigenvalue weighted by Gasteiger charge is 2.31. The van der Waals surface area contributed by atoms with Crippen molar-refractivity contribution < 1.29 is 9.53 Å². The van der Waals surface area contributed by atoms with Gasteiger partial charge in [0, 0.05) is 31.4 Å². The molecule has 0 saturated heterocycles. The van der Waals surface area contributed by atoms with Gasteiger partial charge >= 0.3 is 5.97 Å². The molecule has 1 aromatic heterocycles. The maximum atomic E-state index is 11.9. The van der Waals surface area contributed by atoms with Crippen LogP contribution < -0.4 is 5.32 Å². The van der Waals surface area contributed by atoms with E-state index in [1.54, 1.807) is 0 Å². The summed E-state index contributed by atoms with van der Waals surface area (Å²) >= 11 is 0. The summed E-state index contributed by atoms with van der Waals surface area (Å²) in [5.41, 5.74) is 2.05. The van der Waals surface area contributed by atoms with Gasteiger partial charge in [-0.15, -0.1) is 0 Å². The van der Waals surface area contributed by atoms with Gasteiger partial charge in [0.05, 0.1) is 12.3 Å². The lowest BCUT2D eigenvalue weighted by molar-refractivity contribution is -0.145. The molecular formula is C13H19N3O2. The fraction of sp³-hybridized carbons (Fsp3) is 0.692. The molecule has 1 saturated carbocycles. The number of nitrogens with zero attached hydrogens (tertiary/aromatic N) is 2. The Balaban J connectivity index is 1.80. The van der Waals surface area contributed by atoms with E-state index in [-0.39, 0.29) is 11.9 Å². The smallest absolute Gasteiger partial charge is 0.316 e. The van der Waals surface area contributed by atoms with Gasteiger partial charge in [-0.3, -0.25) is 9.48 Å². The predicted octanol–water partition coefficient (Wildman–Crippen LogP) is 1.04. The Labute approximate surface area is 107 Å². The Morgan fingerprint density at radius 1 is 1.61 bits per heavy atom. The van der Waals surface area contributed by atoms with Crippen molar-refractivity contribution in [3.05, 3.63) is 17.5 Å². The molecule has 18 heavy (non-hydrogen) atoms. The molecule has 3 rings (SSSR count). The minimum Gasteiger partial charge on any atom is -0.465 e. The van der Waals surface area contributed by atoms with Gasteiger partial charge in [0.2, 0.25) is 0 Å². The summed E-state index contributed by atoms with van der Waals surface area (Å²) in [7, 11) is 0. The van der Waals surface area contributed by atoms with Gasteiger partial charge in [0.25, 0.3) is 0 Å². The van der Waals surface area contributed by atoms with Crippen molar-refractivity contribution in [3.63, 3.8) is 0 Å². The van der Waals surface area contributed by atoms with Crippen LogP contribution >= 0.6 is 0 Å². The molecule has 1 N–H and O–H groups in total. The average molecular weight is 249 g/mol. The molecule has 0 bridgehead atoms. The van der Waals surface area contributed by atoms with E-state index < -0.39 is 0 Å². The Bertz CT molecular complexity index is 451. The molecule has 0 spiro atoms. The van der Waals surface area contributed by atoms with Gasteiger partial charge in [0.15, 0.2) is 0 Å². The fourth-order valence-electron chi connectivity index (χ4n) is 2.45. The third-order valence-corrected chi connectivity index (χ3v) is 3.58. The third kappa shape index (κ3) is 2.27. The van der Waals surface area contributed by atoms with Gasteiger partial charge in [0.1, 0.15) is 5.92 Å². The maximum absolute atomic E-state index is 11.9. The van der Waals surface area contributed by atoms with E-state index in [1.165, 1.54) is 12.8 Å². The van der Waals surface area contributed by atoms with Crippen LogP contribution in [0.5, 0.6) is 0 Å². The molecule has 1 aliphatic carbocycles. The lowest BCUT2D eigenvalue weighted by Gasteiger charge is -2.20. The van der Waals surface area contributed by atoms with E-state index in [2.05, 4.69) is 16.6 Å². The zero-order valence-electron chi connectivity index (χ0n) is 10.7. The van der Waals surface area contributed by atoms with Crippen LogP contribution in [0.15, 0.2) is 6.20 Å². The van der Waals surface area contributed by atoms with E-state index in [9.17, 15) is 4.79 Å². The van der Waals surface area contributed by atoms with Crippen molar-refractivity contribution >= 4 is 5.97 Å². The maximum Gasteiger partial charge on any atom is 0.316 e. The summed E-state index contributed by atoms with van der Waals surface area (Å²) in [6.07, 6.45) is 4.69. The minimum absolute atomic E-state index is 0.164. The highest BCUT2D eigenvalue weighted by Crippen LogP contribution is 2.31. The number of aromatic nitrogens is 2. The summed E-state index contributed by atoms with van der Waals surface area (Å²) in [6.45, 7) is 4.68. The second kappa shape index (κ2) is 4.72. The molecule has 5 nitrogen and oxygen atoms in total. The number of esters is 1. The molecule has 2 aliphatic rings. The minimum atomic E-state index is -0.242. The predicted molar refractivity (Wildman–Crippen MR) is 66.0 cm³/mol. The zero-order valence-corrected chi connectivity index (χ0v) is 10.7. The van der Waals surface area contributed by atoms with E-state index in [4.69, 9.17) is 4.74 Å². The number of carbonyl (C=O) groups is 1. The summed E-state index contributed by atoms with van der Waals surface area (Å²) < 4.78 is 7.11. The molecular weight excluding hydrogens is 230 g/mol. The largest absolute Gasteiger partial charge is 0.465 e. The second-order valence-corrected chi connectivity index (χ2v) is 5.14. The van der Waals surface area contributed by atoms with Gasteiger partial charge in [-0.2, -0.15) is 5.10 Å². The lowest BCUT2D eigenvalue weighted by atomic mass is 9.98. The van der Waals surface area contributed by atoms with Crippen LogP contribution in [0.4, 0.5) is 0 Å². The SMILES string of the molecule is CCOC(=O)C1CNCc2cn(CC3CC3)nc21. The first-order chi connectivity index (χ1) is 8.78. The van der Waals surface area contributed by atoms with Crippen LogP contribution in [-0.2, 0) is 22.6 Å². The number of ether oxygens (including phenoxy) is 1. The topological polar surface area (TPSA) is 56.1 Å². The fourth-order valence-corrected chi connectivity index (χ4v) is 2.45. The quantitative estimate of drug-likeness (QED) is 0.810. The van der Waals surface area contributed by atoms with Crippen molar-refractivity contribution in [2.45, 2.75) is 38.8 Å². The van der Waals surface area contributed by atoms with E-state index in [1.807, 2.05) is 11.6 Å². The molecule has 0 radical (unpaired) electrons. The monoisotopic (exact) mass is 249 g/mol. The number of nitrogens with one attached hydrogen (secondary N) is 1. The second-order valence-electron chi connectivity index (χ2n) is 5.14. The molecule has 1 aliphatic heterocycles. The highest BCUT2D eigenvalue weighted by molar-refractivity contribution is 5.78. The Hall–Kier alpha value is -1.36. The van der Waals surface area contributed by atoms with Crippen LogP contribution in [0.25, 0.3) is 0 Å².